The Bertz CT molecular complexity index is 1030. The molecule has 0 spiro atoms. The van der Waals surface area contributed by atoms with Gasteiger partial charge in [-0.3, -0.25) is 4.98 Å². The second-order valence-electron chi connectivity index (χ2n) is 7.95. The number of thioether (sulfide) groups is 1. The molecule has 2 aromatic heterocycles. The number of methoxy groups -OCH3 is 1. The second kappa shape index (κ2) is 8.24. The van der Waals surface area contributed by atoms with Crippen LogP contribution in [-0.4, -0.2) is 45.5 Å². The summed E-state index contributed by atoms with van der Waals surface area (Å²) in [6, 6.07) is 9.29. The number of ether oxygens (including phenoxy) is 1. The lowest BCUT2D eigenvalue weighted by atomic mass is 10.0. The quantitative estimate of drug-likeness (QED) is 0.645. The van der Waals surface area contributed by atoms with Crippen molar-refractivity contribution in [2.24, 2.45) is 11.8 Å². The van der Waals surface area contributed by atoms with Crippen molar-refractivity contribution < 1.29 is 9.84 Å². The van der Waals surface area contributed by atoms with E-state index in [-0.39, 0.29) is 5.75 Å². The Labute approximate surface area is 180 Å². The van der Waals surface area contributed by atoms with Crippen molar-refractivity contribution in [2.45, 2.75) is 23.1 Å². The highest BCUT2D eigenvalue weighted by atomic mass is 32.2. The van der Waals surface area contributed by atoms with Gasteiger partial charge in [0.1, 0.15) is 10.8 Å². The lowest BCUT2D eigenvalue weighted by Crippen LogP contribution is -2.12. The molecule has 6 nitrogen and oxygen atoms in total. The van der Waals surface area contributed by atoms with Gasteiger partial charge in [-0.05, 0) is 67.1 Å². The van der Waals surface area contributed by atoms with E-state index in [0.29, 0.717) is 22.4 Å². The first kappa shape index (κ1) is 19.3. The Morgan fingerprint density at radius 3 is 2.50 bits per heavy atom. The number of phenols is 1. The summed E-state index contributed by atoms with van der Waals surface area (Å²) in [6.07, 6.45) is 7.79. The van der Waals surface area contributed by atoms with E-state index in [2.05, 4.69) is 20.3 Å². The van der Waals surface area contributed by atoms with Crippen molar-refractivity contribution in [3.63, 3.8) is 0 Å². The molecule has 1 saturated heterocycles. The standard InChI is InChI=1S/C23H24N4O2S/c1-29-22-9-15(4-5-25-22)14-2-3-19(21(28)8-14)20-12-27-23(13-26-20)30-18-6-16-10-24-11-17(16)7-18/h2-5,8-9,12-13,16-18,24,28H,6-7,10-11H2,1H3. The number of aromatic hydroxyl groups is 1. The fourth-order valence-electron chi connectivity index (χ4n) is 4.52. The Morgan fingerprint density at radius 1 is 1.00 bits per heavy atom. The SMILES string of the molecule is COc1cc(-c2ccc(-c3cnc(SC4CC5CNCC5C4)cn3)c(O)c2)ccn1. The Hall–Kier alpha value is -2.64. The van der Waals surface area contributed by atoms with E-state index in [1.807, 2.05) is 42.2 Å². The first-order valence-corrected chi connectivity index (χ1v) is 11.1. The number of pyridine rings is 1. The summed E-state index contributed by atoms with van der Waals surface area (Å²) in [5.41, 5.74) is 3.16. The highest BCUT2D eigenvalue weighted by molar-refractivity contribution is 7.99. The van der Waals surface area contributed by atoms with Crippen LogP contribution in [0.1, 0.15) is 12.8 Å². The van der Waals surface area contributed by atoms with Crippen molar-refractivity contribution >= 4 is 11.8 Å². The number of aromatic nitrogens is 3. The molecule has 2 unspecified atom stereocenters. The van der Waals surface area contributed by atoms with E-state index in [1.54, 1.807) is 25.6 Å². The van der Waals surface area contributed by atoms with Gasteiger partial charge in [0.2, 0.25) is 5.88 Å². The Kier molecular flexibility index (Phi) is 5.31. The molecule has 1 aliphatic heterocycles. The number of hydrogen-bond donors (Lipinski definition) is 2. The topological polar surface area (TPSA) is 80.2 Å². The number of fused-ring (bicyclic) bond motifs is 1. The van der Waals surface area contributed by atoms with Gasteiger partial charge < -0.3 is 15.2 Å². The summed E-state index contributed by atoms with van der Waals surface area (Å²) in [5.74, 6) is 2.36. The minimum absolute atomic E-state index is 0.175. The van der Waals surface area contributed by atoms with Gasteiger partial charge in [-0.25, -0.2) is 9.97 Å². The number of rotatable bonds is 5. The number of phenolic OH excluding ortho intramolecular Hbond substituents is 1. The average Bonchev–Trinajstić information content (AvgIpc) is 3.36. The van der Waals surface area contributed by atoms with Crippen LogP contribution in [0.2, 0.25) is 0 Å². The van der Waals surface area contributed by atoms with E-state index in [0.717, 1.165) is 41.1 Å². The second-order valence-corrected chi connectivity index (χ2v) is 9.27. The Balaban J connectivity index is 1.30. The monoisotopic (exact) mass is 420 g/mol. The molecular formula is C23H24N4O2S. The van der Waals surface area contributed by atoms with Gasteiger partial charge in [0, 0.05) is 23.1 Å². The molecule has 2 aliphatic rings. The molecule has 2 fully saturated rings. The number of benzene rings is 1. The largest absolute Gasteiger partial charge is 0.507 e. The molecule has 3 heterocycles. The predicted molar refractivity (Wildman–Crippen MR) is 118 cm³/mol. The van der Waals surface area contributed by atoms with E-state index < -0.39 is 0 Å². The normalized spacial score (nSPS) is 22.8. The fraction of sp³-hybridized carbons (Fsp3) is 0.348. The van der Waals surface area contributed by atoms with E-state index in [9.17, 15) is 5.11 Å². The molecule has 2 atom stereocenters. The predicted octanol–water partition coefficient (Wildman–Crippen LogP) is 4.01. The van der Waals surface area contributed by atoms with Crippen LogP contribution >= 0.6 is 11.8 Å². The maximum absolute atomic E-state index is 10.6. The van der Waals surface area contributed by atoms with Crippen LogP contribution in [0.4, 0.5) is 0 Å². The molecular weight excluding hydrogens is 396 g/mol. The third-order valence-corrected chi connectivity index (χ3v) is 7.25. The van der Waals surface area contributed by atoms with Crippen LogP contribution in [0, 0.1) is 11.8 Å². The van der Waals surface area contributed by atoms with Crippen LogP contribution in [0.15, 0.2) is 53.9 Å². The highest BCUT2D eigenvalue weighted by Crippen LogP contribution is 2.42. The van der Waals surface area contributed by atoms with Crippen molar-refractivity contribution in [1.29, 1.82) is 0 Å². The van der Waals surface area contributed by atoms with Gasteiger partial charge in [-0.15, -0.1) is 11.8 Å². The summed E-state index contributed by atoms with van der Waals surface area (Å²) in [7, 11) is 1.59. The molecule has 5 rings (SSSR count). The van der Waals surface area contributed by atoms with Gasteiger partial charge in [0.15, 0.2) is 0 Å². The van der Waals surface area contributed by atoms with Gasteiger partial charge >= 0.3 is 0 Å². The zero-order valence-corrected chi connectivity index (χ0v) is 17.6. The number of nitrogens with one attached hydrogen (secondary N) is 1. The summed E-state index contributed by atoms with van der Waals surface area (Å²) in [6.45, 7) is 2.32. The molecule has 0 amide bonds. The summed E-state index contributed by atoms with van der Waals surface area (Å²) in [4.78, 5) is 13.3. The molecule has 1 saturated carbocycles. The van der Waals surface area contributed by atoms with Gasteiger partial charge in [0.25, 0.3) is 0 Å². The lowest BCUT2D eigenvalue weighted by Gasteiger charge is -2.11. The van der Waals surface area contributed by atoms with Crippen molar-refractivity contribution in [3.8, 4) is 34.0 Å². The zero-order valence-electron chi connectivity index (χ0n) is 16.8. The molecule has 1 aromatic carbocycles. The summed E-state index contributed by atoms with van der Waals surface area (Å²) >= 11 is 1.84. The molecule has 30 heavy (non-hydrogen) atoms. The summed E-state index contributed by atoms with van der Waals surface area (Å²) < 4.78 is 5.18. The molecule has 3 aromatic rings. The van der Waals surface area contributed by atoms with Gasteiger partial charge in [-0.1, -0.05) is 6.07 Å². The van der Waals surface area contributed by atoms with Crippen molar-refractivity contribution in [1.82, 2.24) is 20.3 Å². The minimum Gasteiger partial charge on any atom is -0.507 e. The zero-order chi connectivity index (χ0) is 20.5. The third kappa shape index (κ3) is 3.87. The minimum atomic E-state index is 0.175. The highest BCUT2D eigenvalue weighted by Gasteiger charge is 2.37. The van der Waals surface area contributed by atoms with Crippen LogP contribution in [0.25, 0.3) is 22.4 Å². The molecule has 2 N–H and O–H groups in total. The molecule has 154 valence electrons. The van der Waals surface area contributed by atoms with E-state index >= 15 is 0 Å². The lowest BCUT2D eigenvalue weighted by molar-refractivity contribution is 0.398. The average molecular weight is 421 g/mol. The first-order valence-electron chi connectivity index (χ1n) is 10.2. The van der Waals surface area contributed by atoms with E-state index in [1.165, 1.54) is 12.8 Å². The van der Waals surface area contributed by atoms with Gasteiger partial charge in [0.05, 0.1) is 25.2 Å². The van der Waals surface area contributed by atoms with Crippen LogP contribution < -0.4 is 10.1 Å². The molecule has 7 heteroatoms. The molecule has 0 bridgehead atoms. The number of hydrogen-bond acceptors (Lipinski definition) is 7. The Morgan fingerprint density at radius 2 is 1.80 bits per heavy atom. The van der Waals surface area contributed by atoms with Crippen LogP contribution in [0.3, 0.4) is 0 Å². The van der Waals surface area contributed by atoms with E-state index in [4.69, 9.17) is 4.74 Å². The summed E-state index contributed by atoms with van der Waals surface area (Å²) in [5, 5.41) is 15.7. The first-order chi connectivity index (χ1) is 14.7. The van der Waals surface area contributed by atoms with Crippen molar-refractivity contribution in [3.05, 3.63) is 48.9 Å². The fourth-order valence-corrected chi connectivity index (χ4v) is 5.78. The molecule has 1 aliphatic carbocycles. The maximum Gasteiger partial charge on any atom is 0.213 e. The third-order valence-electron chi connectivity index (χ3n) is 6.08. The van der Waals surface area contributed by atoms with Crippen molar-refractivity contribution in [2.75, 3.05) is 20.2 Å². The maximum atomic E-state index is 10.6. The van der Waals surface area contributed by atoms with Crippen LogP contribution in [-0.2, 0) is 0 Å². The van der Waals surface area contributed by atoms with Crippen LogP contribution in [0.5, 0.6) is 11.6 Å². The number of nitrogens with zero attached hydrogens (tertiary/aromatic N) is 3. The van der Waals surface area contributed by atoms with Gasteiger partial charge in [-0.2, -0.15) is 0 Å². The molecule has 0 radical (unpaired) electrons. The smallest absolute Gasteiger partial charge is 0.213 e.